The normalized spacial score (nSPS) is 18.9. The molecule has 2 amide bonds. The lowest BCUT2D eigenvalue weighted by Crippen LogP contribution is -2.45. The Morgan fingerprint density at radius 2 is 1.87 bits per heavy atom. The minimum atomic E-state index is -1.12. The third-order valence-corrected chi connectivity index (χ3v) is 4.38. The Labute approximate surface area is 143 Å². The number of halogens is 2. The van der Waals surface area contributed by atoms with Crippen LogP contribution in [0.5, 0.6) is 0 Å². The highest BCUT2D eigenvalue weighted by Gasteiger charge is 2.40. The summed E-state index contributed by atoms with van der Waals surface area (Å²) in [5, 5.41) is 9.77. The van der Waals surface area contributed by atoms with Crippen LogP contribution in [-0.4, -0.2) is 47.4 Å². The highest BCUT2D eigenvalue weighted by molar-refractivity contribution is 6.35. The lowest BCUT2D eigenvalue weighted by molar-refractivity contribution is -0.151. The van der Waals surface area contributed by atoms with Crippen molar-refractivity contribution in [3.05, 3.63) is 28.2 Å². The molecule has 1 saturated heterocycles. The van der Waals surface area contributed by atoms with Gasteiger partial charge in [0, 0.05) is 29.3 Å². The highest BCUT2D eigenvalue weighted by atomic mass is 35.5. The highest BCUT2D eigenvalue weighted by Crippen LogP contribution is 2.31. The van der Waals surface area contributed by atoms with Crippen LogP contribution in [-0.2, 0) is 14.4 Å². The fraction of sp³-hybridized carbons (Fsp3) is 0.400. The number of aliphatic carboxylic acids is 1. The summed E-state index contributed by atoms with van der Waals surface area (Å²) in [7, 11) is 1.38. The number of anilines is 1. The molecule has 0 spiro atoms. The van der Waals surface area contributed by atoms with Gasteiger partial charge in [-0.1, -0.05) is 23.2 Å². The van der Waals surface area contributed by atoms with Crippen molar-refractivity contribution in [3.8, 4) is 0 Å². The molecule has 0 unspecified atom stereocenters. The second-order valence-electron chi connectivity index (χ2n) is 5.42. The van der Waals surface area contributed by atoms with Gasteiger partial charge in [0.2, 0.25) is 11.8 Å². The zero-order valence-electron chi connectivity index (χ0n) is 12.6. The van der Waals surface area contributed by atoms with Crippen LogP contribution < -0.4 is 4.90 Å². The zero-order chi connectivity index (χ0) is 17.3. The molecule has 0 bridgehead atoms. The molecule has 8 heteroatoms. The van der Waals surface area contributed by atoms with Crippen molar-refractivity contribution < 1.29 is 19.5 Å². The van der Waals surface area contributed by atoms with Gasteiger partial charge in [0.05, 0.1) is 0 Å². The average molecular weight is 359 g/mol. The maximum absolute atomic E-state index is 12.5. The van der Waals surface area contributed by atoms with Gasteiger partial charge in [-0.25, -0.2) is 4.79 Å². The van der Waals surface area contributed by atoms with Gasteiger partial charge in [0.1, 0.15) is 12.0 Å². The summed E-state index contributed by atoms with van der Waals surface area (Å²) in [5.74, 6) is -2.89. The Bertz CT molecular complexity index is 645. The van der Waals surface area contributed by atoms with Gasteiger partial charge in [-0.3, -0.25) is 9.59 Å². The van der Waals surface area contributed by atoms with Crippen molar-refractivity contribution in [1.82, 2.24) is 4.90 Å². The van der Waals surface area contributed by atoms with E-state index in [1.807, 2.05) is 0 Å². The first kappa shape index (κ1) is 17.6. The Kier molecular flexibility index (Phi) is 5.16. The van der Waals surface area contributed by atoms with Crippen molar-refractivity contribution in [2.75, 3.05) is 18.5 Å². The van der Waals surface area contributed by atoms with E-state index >= 15 is 0 Å². The summed E-state index contributed by atoms with van der Waals surface area (Å²) in [6, 6.07) is 3.76. The standard InChI is InChI=1S/C15H16Cl2N2O4/c1-8(15(22)23)18(2)13(20)12-3-4-19(14(12)21)11-6-9(16)5-10(17)7-11/h5-8,12H,3-4H2,1-2H3,(H,22,23)/t8-,12+/m1/s1. The van der Waals surface area contributed by atoms with E-state index in [-0.39, 0.29) is 5.91 Å². The van der Waals surface area contributed by atoms with E-state index in [1.165, 1.54) is 18.9 Å². The molecule has 0 radical (unpaired) electrons. The van der Waals surface area contributed by atoms with Crippen molar-refractivity contribution in [2.45, 2.75) is 19.4 Å². The molecule has 1 aliphatic rings. The van der Waals surface area contributed by atoms with Gasteiger partial charge in [-0.2, -0.15) is 0 Å². The monoisotopic (exact) mass is 358 g/mol. The van der Waals surface area contributed by atoms with E-state index in [0.29, 0.717) is 28.7 Å². The number of benzene rings is 1. The van der Waals surface area contributed by atoms with Gasteiger partial charge in [0.15, 0.2) is 0 Å². The third kappa shape index (κ3) is 3.59. The minimum absolute atomic E-state index is 0.318. The second-order valence-corrected chi connectivity index (χ2v) is 6.30. The van der Waals surface area contributed by atoms with E-state index in [9.17, 15) is 14.4 Å². The summed E-state index contributed by atoms with van der Waals surface area (Å²) in [4.78, 5) is 38.4. The molecule has 6 nitrogen and oxygen atoms in total. The SMILES string of the molecule is C[C@H](C(=O)O)N(C)C(=O)[C@@H]1CCN(c2cc(Cl)cc(Cl)c2)C1=O. The van der Waals surface area contributed by atoms with Crippen molar-refractivity contribution >= 4 is 46.7 Å². The molecule has 1 aromatic rings. The number of nitrogens with zero attached hydrogens (tertiary/aromatic N) is 2. The van der Waals surface area contributed by atoms with Crippen LogP contribution in [0.4, 0.5) is 5.69 Å². The number of likely N-dealkylation sites (N-methyl/N-ethyl adjacent to an activating group) is 1. The molecule has 1 fully saturated rings. The lowest BCUT2D eigenvalue weighted by atomic mass is 10.1. The van der Waals surface area contributed by atoms with E-state index in [2.05, 4.69) is 0 Å². The Morgan fingerprint density at radius 1 is 1.30 bits per heavy atom. The van der Waals surface area contributed by atoms with Gasteiger partial charge >= 0.3 is 5.97 Å². The summed E-state index contributed by atoms with van der Waals surface area (Å²) >= 11 is 11.9. The zero-order valence-corrected chi connectivity index (χ0v) is 14.1. The van der Waals surface area contributed by atoms with Gasteiger partial charge in [-0.05, 0) is 31.5 Å². The van der Waals surface area contributed by atoms with Crippen LogP contribution in [0.1, 0.15) is 13.3 Å². The first-order valence-corrected chi connectivity index (χ1v) is 7.75. The third-order valence-electron chi connectivity index (χ3n) is 3.95. The first-order chi connectivity index (χ1) is 10.7. The van der Waals surface area contributed by atoms with E-state index in [1.54, 1.807) is 18.2 Å². The molecule has 2 rings (SSSR count). The topological polar surface area (TPSA) is 77.9 Å². The molecule has 124 valence electrons. The van der Waals surface area contributed by atoms with Crippen LogP contribution >= 0.6 is 23.2 Å². The van der Waals surface area contributed by atoms with Gasteiger partial charge < -0.3 is 14.9 Å². The summed E-state index contributed by atoms with van der Waals surface area (Å²) in [6.07, 6.45) is 0.318. The van der Waals surface area contributed by atoms with Crippen LogP contribution in [0.2, 0.25) is 10.0 Å². The van der Waals surface area contributed by atoms with Crippen LogP contribution in [0.15, 0.2) is 18.2 Å². The molecule has 1 N–H and O–H groups in total. The number of hydrogen-bond acceptors (Lipinski definition) is 3. The summed E-state index contributed by atoms with van der Waals surface area (Å²) in [5.41, 5.74) is 0.525. The van der Waals surface area contributed by atoms with Crippen LogP contribution in [0, 0.1) is 5.92 Å². The molecule has 1 heterocycles. The number of carbonyl (C=O) groups is 3. The Hall–Kier alpha value is -1.79. The largest absolute Gasteiger partial charge is 0.480 e. The van der Waals surface area contributed by atoms with Gasteiger partial charge in [-0.15, -0.1) is 0 Å². The molecule has 1 aliphatic heterocycles. The number of carboxylic acids is 1. The maximum atomic E-state index is 12.5. The number of rotatable bonds is 4. The Balaban J connectivity index is 2.18. The Morgan fingerprint density at radius 3 is 2.39 bits per heavy atom. The predicted molar refractivity (Wildman–Crippen MR) is 86.8 cm³/mol. The molecular weight excluding hydrogens is 343 g/mol. The fourth-order valence-corrected chi connectivity index (χ4v) is 2.98. The average Bonchev–Trinajstić information content (AvgIpc) is 2.85. The van der Waals surface area contributed by atoms with Gasteiger partial charge in [0.25, 0.3) is 0 Å². The number of amides is 2. The van der Waals surface area contributed by atoms with E-state index in [0.717, 1.165) is 4.90 Å². The molecule has 0 aliphatic carbocycles. The minimum Gasteiger partial charge on any atom is -0.480 e. The maximum Gasteiger partial charge on any atom is 0.326 e. The van der Waals surface area contributed by atoms with Crippen molar-refractivity contribution in [2.24, 2.45) is 5.92 Å². The van der Waals surface area contributed by atoms with E-state index < -0.39 is 23.8 Å². The first-order valence-electron chi connectivity index (χ1n) is 6.99. The second kappa shape index (κ2) is 6.76. The molecule has 23 heavy (non-hydrogen) atoms. The molecule has 0 saturated carbocycles. The molecular formula is C15H16Cl2N2O4. The van der Waals surface area contributed by atoms with Crippen LogP contribution in [0.25, 0.3) is 0 Å². The van der Waals surface area contributed by atoms with E-state index in [4.69, 9.17) is 28.3 Å². The summed E-state index contributed by atoms with van der Waals surface area (Å²) in [6.45, 7) is 1.75. The predicted octanol–water partition coefficient (Wildman–Crippen LogP) is 2.28. The molecule has 1 aromatic carbocycles. The molecule has 0 aromatic heterocycles. The number of carboxylic acid groups (broad SMARTS) is 1. The van der Waals surface area contributed by atoms with Crippen LogP contribution in [0.3, 0.4) is 0 Å². The number of carbonyl (C=O) groups excluding carboxylic acids is 2. The lowest BCUT2D eigenvalue weighted by Gasteiger charge is -2.24. The molecule has 2 atom stereocenters. The van der Waals surface area contributed by atoms with Crippen molar-refractivity contribution in [3.63, 3.8) is 0 Å². The van der Waals surface area contributed by atoms with Crippen molar-refractivity contribution in [1.29, 1.82) is 0 Å². The fourth-order valence-electron chi connectivity index (χ4n) is 2.46. The summed E-state index contributed by atoms with van der Waals surface area (Å²) < 4.78 is 0. The number of hydrogen-bond donors (Lipinski definition) is 1. The smallest absolute Gasteiger partial charge is 0.326 e. The quantitative estimate of drug-likeness (QED) is 0.837.